The summed E-state index contributed by atoms with van der Waals surface area (Å²) in [7, 11) is -3.72. The van der Waals surface area contributed by atoms with E-state index in [1.807, 2.05) is 10.8 Å². The van der Waals surface area contributed by atoms with Gasteiger partial charge in [-0.2, -0.15) is 0 Å². The lowest BCUT2D eigenvalue weighted by molar-refractivity contribution is -0.122. The van der Waals surface area contributed by atoms with E-state index in [0.717, 1.165) is 10.6 Å². The number of rotatable bonds is 9. The van der Waals surface area contributed by atoms with Gasteiger partial charge in [-0.25, -0.2) is 17.8 Å². The van der Waals surface area contributed by atoms with E-state index in [4.69, 9.17) is 0 Å². The van der Waals surface area contributed by atoms with Crippen molar-refractivity contribution in [3.05, 3.63) is 48.8 Å². The zero-order chi connectivity index (χ0) is 19.2. The molecule has 1 aromatic carbocycles. The first-order valence-corrected chi connectivity index (χ1v) is 10.2. The highest BCUT2D eigenvalue weighted by molar-refractivity contribution is 7.92. The second-order valence-electron chi connectivity index (χ2n) is 5.90. The molecule has 1 N–H and O–H groups in total. The summed E-state index contributed by atoms with van der Waals surface area (Å²) in [6.45, 7) is 2.84. The summed E-state index contributed by atoms with van der Waals surface area (Å²) in [6, 6.07) is 4.15. The topological polar surface area (TPSA) is 84.3 Å². The fraction of sp³-hybridized carbons (Fsp3) is 0.412. The van der Waals surface area contributed by atoms with Crippen LogP contribution in [0.25, 0.3) is 0 Å². The molecular formula is C17H23FN4O3S. The molecule has 0 aliphatic carbocycles. The van der Waals surface area contributed by atoms with Crippen LogP contribution in [-0.4, -0.2) is 42.7 Å². The predicted octanol–water partition coefficient (Wildman–Crippen LogP) is 1.77. The molecule has 1 amide bonds. The van der Waals surface area contributed by atoms with Crippen molar-refractivity contribution < 1.29 is 17.6 Å². The number of nitrogens with one attached hydrogen (secondary N) is 1. The van der Waals surface area contributed by atoms with Crippen molar-refractivity contribution in [2.75, 3.05) is 17.1 Å². The fourth-order valence-corrected chi connectivity index (χ4v) is 3.87. The highest BCUT2D eigenvalue weighted by Gasteiger charge is 2.31. The van der Waals surface area contributed by atoms with Gasteiger partial charge in [0.25, 0.3) is 0 Å². The van der Waals surface area contributed by atoms with Gasteiger partial charge >= 0.3 is 0 Å². The maximum atomic E-state index is 13.2. The molecule has 142 valence electrons. The maximum Gasteiger partial charge on any atom is 0.243 e. The number of benzene rings is 1. The Morgan fingerprint density at radius 3 is 2.58 bits per heavy atom. The van der Waals surface area contributed by atoms with Crippen LogP contribution in [0.2, 0.25) is 0 Å². The van der Waals surface area contributed by atoms with Crippen LogP contribution in [-0.2, 0) is 21.4 Å². The second-order valence-corrected chi connectivity index (χ2v) is 7.76. The number of hydrogen-bond donors (Lipinski definition) is 1. The smallest absolute Gasteiger partial charge is 0.243 e. The zero-order valence-electron chi connectivity index (χ0n) is 14.8. The lowest BCUT2D eigenvalue weighted by Gasteiger charge is -2.30. The van der Waals surface area contributed by atoms with E-state index in [1.54, 1.807) is 19.4 Å². The zero-order valence-corrected chi connectivity index (χ0v) is 15.6. The molecule has 0 unspecified atom stereocenters. The van der Waals surface area contributed by atoms with Gasteiger partial charge in [0.1, 0.15) is 11.9 Å². The number of halogens is 1. The molecule has 1 aromatic heterocycles. The Bertz CT molecular complexity index is 807. The van der Waals surface area contributed by atoms with Crippen LogP contribution in [0.4, 0.5) is 10.1 Å². The Morgan fingerprint density at radius 2 is 2.04 bits per heavy atom. The van der Waals surface area contributed by atoms with E-state index in [2.05, 4.69) is 10.3 Å². The first kappa shape index (κ1) is 19.9. The molecule has 0 saturated heterocycles. The molecule has 26 heavy (non-hydrogen) atoms. The van der Waals surface area contributed by atoms with Gasteiger partial charge in [-0.1, -0.05) is 6.92 Å². The van der Waals surface area contributed by atoms with Gasteiger partial charge in [0, 0.05) is 25.5 Å². The largest absolute Gasteiger partial charge is 0.354 e. The molecule has 2 aromatic rings. The summed E-state index contributed by atoms with van der Waals surface area (Å²) in [5, 5.41) is 2.78. The molecule has 1 heterocycles. The van der Waals surface area contributed by atoms with Crippen molar-refractivity contribution in [3.63, 3.8) is 0 Å². The minimum absolute atomic E-state index is 0.259. The minimum atomic E-state index is -3.72. The number of imidazole rings is 1. The number of nitrogens with zero attached hydrogens (tertiary/aromatic N) is 3. The van der Waals surface area contributed by atoms with Gasteiger partial charge in [-0.05, 0) is 37.1 Å². The van der Waals surface area contributed by atoms with Crippen LogP contribution in [0.15, 0.2) is 43.0 Å². The number of carbonyl (C=O) groups is 1. The Kier molecular flexibility index (Phi) is 6.73. The van der Waals surface area contributed by atoms with Crippen molar-refractivity contribution in [2.45, 2.75) is 32.4 Å². The Labute approximate surface area is 152 Å². The van der Waals surface area contributed by atoms with Crippen molar-refractivity contribution >= 4 is 21.6 Å². The van der Waals surface area contributed by atoms with E-state index < -0.39 is 21.9 Å². The molecule has 0 aliphatic heterocycles. The highest BCUT2D eigenvalue weighted by atomic mass is 32.2. The fourth-order valence-electron chi connectivity index (χ4n) is 2.66. The van der Waals surface area contributed by atoms with Crippen molar-refractivity contribution in [1.82, 2.24) is 14.9 Å². The molecule has 0 bridgehead atoms. The molecule has 0 aliphatic rings. The molecule has 7 nitrogen and oxygen atoms in total. The predicted molar refractivity (Wildman–Crippen MR) is 97.7 cm³/mol. The third-order valence-electron chi connectivity index (χ3n) is 3.86. The number of aromatic nitrogens is 2. The van der Waals surface area contributed by atoms with Crippen molar-refractivity contribution in [1.29, 1.82) is 0 Å². The van der Waals surface area contributed by atoms with Gasteiger partial charge in [0.15, 0.2) is 0 Å². The van der Waals surface area contributed by atoms with Crippen molar-refractivity contribution in [2.24, 2.45) is 0 Å². The molecule has 9 heteroatoms. The summed E-state index contributed by atoms with van der Waals surface area (Å²) in [5.41, 5.74) is 0.259. The highest BCUT2D eigenvalue weighted by Crippen LogP contribution is 2.22. The van der Waals surface area contributed by atoms with Gasteiger partial charge in [-0.3, -0.25) is 9.10 Å². The minimum Gasteiger partial charge on any atom is -0.354 e. The summed E-state index contributed by atoms with van der Waals surface area (Å²) < 4.78 is 40.6. The molecule has 0 saturated carbocycles. The first-order chi connectivity index (χ1) is 12.3. The van der Waals surface area contributed by atoms with Gasteiger partial charge in [-0.15, -0.1) is 0 Å². The number of amides is 1. The number of carbonyl (C=O) groups excluding carboxylic acids is 1. The third kappa shape index (κ3) is 5.29. The molecular weight excluding hydrogens is 359 g/mol. The lowest BCUT2D eigenvalue weighted by Crippen LogP contribution is -2.49. The number of sulfonamides is 1. The monoisotopic (exact) mass is 382 g/mol. The Balaban J connectivity index is 2.06. The quantitative estimate of drug-likeness (QED) is 0.670. The summed E-state index contributed by atoms with van der Waals surface area (Å²) in [4.78, 5) is 16.5. The SMILES string of the molecule is CC[C@H](C(=O)NCCCn1ccnc1)N(c1ccc(F)cc1)S(C)(=O)=O. The van der Waals surface area contributed by atoms with E-state index in [1.165, 1.54) is 24.3 Å². The maximum absolute atomic E-state index is 13.2. The number of anilines is 1. The number of hydrogen-bond acceptors (Lipinski definition) is 4. The number of aryl methyl sites for hydroxylation is 1. The van der Waals surface area contributed by atoms with E-state index in [0.29, 0.717) is 19.5 Å². The first-order valence-electron chi connectivity index (χ1n) is 8.31. The summed E-state index contributed by atoms with van der Waals surface area (Å²) >= 11 is 0. The van der Waals surface area contributed by atoms with E-state index in [-0.39, 0.29) is 18.0 Å². The molecule has 0 spiro atoms. The van der Waals surface area contributed by atoms with Crippen LogP contribution in [0, 0.1) is 5.82 Å². The van der Waals surface area contributed by atoms with Gasteiger partial charge < -0.3 is 9.88 Å². The average Bonchev–Trinajstić information content (AvgIpc) is 3.10. The second kappa shape index (κ2) is 8.79. The van der Waals surface area contributed by atoms with E-state index >= 15 is 0 Å². The van der Waals surface area contributed by atoms with Gasteiger partial charge in [0.2, 0.25) is 15.9 Å². The van der Waals surface area contributed by atoms with Crippen LogP contribution >= 0.6 is 0 Å². The summed E-state index contributed by atoms with van der Waals surface area (Å²) in [5.74, 6) is -0.855. The molecule has 2 rings (SSSR count). The summed E-state index contributed by atoms with van der Waals surface area (Å²) in [6.07, 6.45) is 7.21. The Morgan fingerprint density at radius 1 is 1.35 bits per heavy atom. The normalized spacial score (nSPS) is 12.6. The standard InChI is InChI=1S/C17H23FN4O3S/c1-3-16(17(23)20-9-4-11-21-12-10-19-13-21)22(26(2,24)25)15-7-5-14(18)6-8-15/h5-8,10,12-13,16H,3-4,9,11H2,1-2H3,(H,20,23)/t16-/m1/s1. The molecule has 0 radical (unpaired) electrons. The average molecular weight is 382 g/mol. The van der Waals surface area contributed by atoms with E-state index in [9.17, 15) is 17.6 Å². The molecule has 0 fully saturated rings. The molecule has 1 atom stereocenters. The van der Waals surface area contributed by atoms with Crippen molar-refractivity contribution in [3.8, 4) is 0 Å². The van der Waals surface area contributed by atoms with Crippen LogP contribution < -0.4 is 9.62 Å². The van der Waals surface area contributed by atoms with Crippen LogP contribution in [0.3, 0.4) is 0 Å². The Hall–Kier alpha value is -2.42. The van der Waals surface area contributed by atoms with Gasteiger partial charge in [0.05, 0.1) is 18.3 Å². The third-order valence-corrected chi connectivity index (χ3v) is 5.04. The van der Waals surface area contributed by atoms with Crippen LogP contribution in [0.5, 0.6) is 0 Å². The lowest BCUT2D eigenvalue weighted by atomic mass is 10.2. The van der Waals surface area contributed by atoms with Crippen LogP contribution in [0.1, 0.15) is 19.8 Å².